The SMILES string of the molecule is CCc1nc(C(C)NC(=O)OC(C)(C)C)[nH]c1C. The van der Waals surface area contributed by atoms with Crippen LogP contribution in [0.3, 0.4) is 0 Å². The Morgan fingerprint density at radius 2 is 2.11 bits per heavy atom. The third kappa shape index (κ3) is 4.05. The van der Waals surface area contributed by atoms with Gasteiger partial charge in [0.25, 0.3) is 0 Å². The Morgan fingerprint density at radius 1 is 1.50 bits per heavy atom. The van der Waals surface area contributed by atoms with E-state index in [0.29, 0.717) is 0 Å². The molecule has 1 amide bonds. The molecule has 5 nitrogen and oxygen atoms in total. The highest BCUT2D eigenvalue weighted by atomic mass is 16.6. The van der Waals surface area contributed by atoms with Crippen molar-refractivity contribution < 1.29 is 9.53 Å². The molecule has 1 aromatic rings. The largest absolute Gasteiger partial charge is 0.444 e. The van der Waals surface area contributed by atoms with E-state index in [1.165, 1.54) is 0 Å². The van der Waals surface area contributed by atoms with Crippen molar-refractivity contribution in [3.8, 4) is 0 Å². The van der Waals surface area contributed by atoms with Gasteiger partial charge in [-0.2, -0.15) is 0 Å². The van der Waals surface area contributed by atoms with Gasteiger partial charge in [-0.05, 0) is 41.0 Å². The molecule has 18 heavy (non-hydrogen) atoms. The Balaban J connectivity index is 2.64. The Kier molecular flexibility index (Phi) is 4.38. The minimum absolute atomic E-state index is 0.196. The summed E-state index contributed by atoms with van der Waals surface area (Å²) < 4.78 is 5.20. The molecule has 0 aliphatic heterocycles. The molecule has 1 unspecified atom stereocenters. The maximum Gasteiger partial charge on any atom is 0.408 e. The van der Waals surface area contributed by atoms with E-state index in [2.05, 4.69) is 22.2 Å². The number of carbonyl (C=O) groups excluding carboxylic acids is 1. The van der Waals surface area contributed by atoms with Gasteiger partial charge in [0.1, 0.15) is 11.4 Å². The summed E-state index contributed by atoms with van der Waals surface area (Å²) in [6.07, 6.45) is 0.448. The molecule has 0 aliphatic carbocycles. The van der Waals surface area contributed by atoms with Crippen LogP contribution in [-0.4, -0.2) is 21.7 Å². The van der Waals surface area contributed by atoms with Crippen LogP contribution in [0.5, 0.6) is 0 Å². The standard InChI is InChI=1S/C13H23N3O2/c1-7-10-8(2)14-11(16-10)9(3)15-12(17)18-13(4,5)6/h9H,7H2,1-6H3,(H,14,16)(H,15,17). The van der Waals surface area contributed by atoms with Crippen LogP contribution in [0.4, 0.5) is 4.79 Å². The van der Waals surface area contributed by atoms with E-state index in [1.807, 2.05) is 34.6 Å². The molecule has 0 radical (unpaired) electrons. The lowest BCUT2D eigenvalue weighted by molar-refractivity contribution is 0.0506. The normalized spacial score (nSPS) is 13.2. The van der Waals surface area contributed by atoms with Crippen LogP contribution in [0.25, 0.3) is 0 Å². The third-order valence-corrected chi connectivity index (χ3v) is 2.48. The van der Waals surface area contributed by atoms with Crippen LogP contribution < -0.4 is 5.32 Å². The fourth-order valence-electron chi connectivity index (χ4n) is 1.62. The molecule has 0 spiro atoms. The smallest absolute Gasteiger partial charge is 0.408 e. The zero-order chi connectivity index (χ0) is 13.9. The van der Waals surface area contributed by atoms with Crippen molar-refractivity contribution in [2.75, 3.05) is 0 Å². The summed E-state index contributed by atoms with van der Waals surface area (Å²) in [5, 5.41) is 2.76. The summed E-state index contributed by atoms with van der Waals surface area (Å²) in [5.41, 5.74) is 1.59. The zero-order valence-corrected chi connectivity index (χ0v) is 12.0. The average Bonchev–Trinajstić information content (AvgIpc) is 2.56. The highest BCUT2D eigenvalue weighted by Gasteiger charge is 2.20. The summed E-state index contributed by atoms with van der Waals surface area (Å²) >= 11 is 0. The maximum atomic E-state index is 11.6. The molecular formula is C13H23N3O2. The van der Waals surface area contributed by atoms with Crippen LogP contribution in [0.15, 0.2) is 0 Å². The van der Waals surface area contributed by atoms with E-state index in [0.717, 1.165) is 23.6 Å². The van der Waals surface area contributed by atoms with Crippen molar-refractivity contribution in [3.05, 3.63) is 17.2 Å². The summed E-state index contributed by atoms with van der Waals surface area (Å²) in [5.74, 6) is 0.759. The number of aromatic amines is 1. The number of aryl methyl sites for hydroxylation is 2. The molecule has 0 bridgehead atoms. The van der Waals surface area contributed by atoms with Gasteiger partial charge in [-0.25, -0.2) is 9.78 Å². The van der Waals surface area contributed by atoms with Crippen LogP contribution in [0, 0.1) is 6.92 Å². The second-order valence-electron chi connectivity index (χ2n) is 5.42. The van der Waals surface area contributed by atoms with Crippen LogP contribution in [-0.2, 0) is 11.2 Å². The van der Waals surface area contributed by atoms with Gasteiger partial charge in [0.05, 0.1) is 11.7 Å². The number of hydrogen-bond acceptors (Lipinski definition) is 3. The van der Waals surface area contributed by atoms with Crippen LogP contribution in [0.2, 0.25) is 0 Å². The van der Waals surface area contributed by atoms with Gasteiger partial charge >= 0.3 is 6.09 Å². The fourth-order valence-corrected chi connectivity index (χ4v) is 1.62. The molecule has 1 atom stereocenters. The number of alkyl carbamates (subject to hydrolysis) is 1. The van der Waals surface area contributed by atoms with Gasteiger partial charge in [0, 0.05) is 5.69 Å². The number of amides is 1. The molecule has 1 aromatic heterocycles. The Hall–Kier alpha value is -1.52. The Morgan fingerprint density at radius 3 is 2.56 bits per heavy atom. The molecule has 1 rings (SSSR count). The van der Waals surface area contributed by atoms with E-state index >= 15 is 0 Å². The van der Waals surface area contributed by atoms with Gasteiger partial charge in [-0.3, -0.25) is 0 Å². The maximum absolute atomic E-state index is 11.6. The van der Waals surface area contributed by atoms with Gasteiger partial charge in [0.2, 0.25) is 0 Å². The highest BCUT2D eigenvalue weighted by molar-refractivity contribution is 5.68. The second-order valence-corrected chi connectivity index (χ2v) is 5.42. The Labute approximate surface area is 108 Å². The molecule has 1 heterocycles. The number of rotatable bonds is 3. The highest BCUT2D eigenvalue weighted by Crippen LogP contribution is 2.14. The molecule has 0 saturated carbocycles. The zero-order valence-electron chi connectivity index (χ0n) is 12.0. The predicted octanol–water partition coefficient (Wildman–Crippen LogP) is 2.87. The minimum Gasteiger partial charge on any atom is -0.444 e. The monoisotopic (exact) mass is 253 g/mol. The lowest BCUT2D eigenvalue weighted by atomic mass is 10.2. The first-order valence-corrected chi connectivity index (χ1v) is 6.27. The predicted molar refractivity (Wildman–Crippen MR) is 70.5 cm³/mol. The minimum atomic E-state index is -0.489. The van der Waals surface area contributed by atoms with E-state index in [-0.39, 0.29) is 6.04 Å². The van der Waals surface area contributed by atoms with Crippen molar-refractivity contribution in [1.29, 1.82) is 0 Å². The number of nitrogens with one attached hydrogen (secondary N) is 2. The average molecular weight is 253 g/mol. The number of ether oxygens (including phenoxy) is 1. The number of H-pyrrole nitrogens is 1. The van der Waals surface area contributed by atoms with Crippen molar-refractivity contribution in [3.63, 3.8) is 0 Å². The first-order valence-electron chi connectivity index (χ1n) is 6.27. The lowest BCUT2D eigenvalue weighted by Gasteiger charge is -2.21. The Bertz CT molecular complexity index is 418. The fraction of sp³-hybridized carbons (Fsp3) is 0.692. The van der Waals surface area contributed by atoms with Crippen molar-refractivity contribution in [2.24, 2.45) is 0 Å². The molecule has 0 saturated heterocycles. The summed E-state index contributed by atoms with van der Waals surface area (Å²) in [4.78, 5) is 19.3. The summed E-state index contributed by atoms with van der Waals surface area (Å²) in [7, 11) is 0. The molecule has 5 heteroatoms. The first-order chi connectivity index (χ1) is 8.23. The number of carbonyl (C=O) groups is 1. The summed E-state index contributed by atoms with van der Waals surface area (Å²) in [6.45, 7) is 11.4. The number of hydrogen-bond donors (Lipinski definition) is 2. The number of imidazole rings is 1. The van der Waals surface area contributed by atoms with Crippen molar-refractivity contribution in [2.45, 2.75) is 59.6 Å². The quantitative estimate of drug-likeness (QED) is 0.870. The van der Waals surface area contributed by atoms with Gasteiger partial charge in [-0.15, -0.1) is 0 Å². The third-order valence-electron chi connectivity index (χ3n) is 2.48. The number of aromatic nitrogens is 2. The van der Waals surface area contributed by atoms with Crippen LogP contribution >= 0.6 is 0 Å². The van der Waals surface area contributed by atoms with Gasteiger partial charge in [0.15, 0.2) is 0 Å². The van der Waals surface area contributed by atoms with E-state index in [4.69, 9.17) is 4.74 Å². The molecule has 0 fully saturated rings. The van der Waals surface area contributed by atoms with E-state index < -0.39 is 11.7 Å². The van der Waals surface area contributed by atoms with E-state index in [9.17, 15) is 4.79 Å². The molecule has 0 aromatic carbocycles. The van der Waals surface area contributed by atoms with Gasteiger partial charge < -0.3 is 15.0 Å². The number of nitrogens with zero attached hydrogens (tertiary/aromatic N) is 1. The van der Waals surface area contributed by atoms with Crippen molar-refractivity contribution in [1.82, 2.24) is 15.3 Å². The first kappa shape index (κ1) is 14.5. The van der Waals surface area contributed by atoms with Gasteiger partial charge in [-0.1, -0.05) is 6.92 Å². The molecule has 102 valence electrons. The lowest BCUT2D eigenvalue weighted by Crippen LogP contribution is -2.34. The summed E-state index contributed by atoms with van der Waals surface area (Å²) in [6, 6.07) is -0.196. The molecule has 2 N–H and O–H groups in total. The topological polar surface area (TPSA) is 67.0 Å². The second kappa shape index (κ2) is 5.42. The molecular weight excluding hydrogens is 230 g/mol. The van der Waals surface area contributed by atoms with E-state index in [1.54, 1.807) is 0 Å². The molecule has 0 aliphatic rings. The van der Waals surface area contributed by atoms with Crippen molar-refractivity contribution >= 4 is 6.09 Å². The van der Waals surface area contributed by atoms with Crippen LogP contribution in [0.1, 0.15) is 57.9 Å².